The van der Waals surface area contributed by atoms with Crippen LogP contribution >= 0.6 is 0 Å². The Bertz CT molecular complexity index is 1470. The van der Waals surface area contributed by atoms with E-state index in [9.17, 15) is 5.11 Å². The predicted octanol–water partition coefficient (Wildman–Crippen LogP) is 4.28. The molecule has 0 aromatic carbocycles. The molecule has 0 spiro atoms. The van der Waals surface area contributed by atoms with Crippen molar-refractivity contribution < 1.29 is 14.6 Å². The standard InChI is InChI=1S/C14H20N4O2.C14H18N4O.2CH4/c1-10-15-13(17-6-8-20-9-7-17)11-4-5-12(14(2,3)19)18(11)16-10;1-10(2)12-4-5-13-14(15-11(3)16-18(12)13)17-6-8-19-9-7-17;;/h4-5,19H,6-9H2,1-3H3;4-5H,1,6-9H2,2-3H3;2*1H4. The molecule has 4 aromatic heterocycles. The molecule has 2 aliphatic rings. The molecule has 11 heteroatoms. The van der Waals surface area contributed by atoms with Crippen molar-refractivity contribution in [1.82, 2.24) is 29.2 Å². The largest absolute Gasteiger partial charge is 0.384 e. The number of ether oxygens (including phenoxy) is 2. The summed E-state index contributed by atoms with van der Waals surface area (Å²) in [5.74, 6) is 3.37. The lowest BCUT2D eigenvalue weighted by Crippen LogP contribution is -2.37. The fourth-order valence-corrected chi connectivity index (χ4v) is 4.97. The fraction of sp³-hybridized carbons (Fsp3) is 0.533. The minimum absolute atomic E-state index is 0. The van der Waals surface area contributed by atoms with Gasteiger partial charge in [0.05, 0.1) is 37.8 Å². The third kappa shape index (κ3) is 6.69. The number of rotatable bonds is 4. The van der Waals surface area contributed by atoms with E-state index in [1.807, 2.05) is 37.4 Å². The summed E-state index contributed by atoms with van der Waals surface area (Å²) in [6, 6.07) is 7.99. The summed E-state index contributed by atoms with van der Waals surface area (Å²) >= 11 is 0. The van der Waals surface area contributed by atoms with Gasteiger partial charge in [0.25, 0.3) is 0 Å². The first-order valence-electron chi connectivity index (χ1n) is 13.4. The number of aliphatic hydroxyl groups is 1. The van der Waals surface area contributed by atoms with E-state index in [2.05, 4.69) is 48.7 Å². The molecule has 2 aliphatic heterocycles. The molecule has 6 rings (SSSR count). The van der Waals surface area contributed by atoms with Crippen LogP contribution in [0.4, 0.5) is 11.6 Å². The molecule has 1 N–H and O–H groups in total. The van der Waals surface area contributed by atoms with Gasteiger partial charge in [-0.25, -0.2) is 19.0 Å². The number of hydrogen-bond donors (Lipinski definition) is 1. The average molecular weight is 567 g/mol. The van der Waals surface area contributed by atoms with Gasteiger partial charge in [-0.1, -0.05) is 21.4 Å². The highest BCUT2D eigenvalue weighted by Gasteiger charge is 2.24. The van der Waals surface area contributed by atoms with Crippen molar-refractivity contribution in [3.8, 4) is 0 Å². The van der Waals surface area contributed by atoms with Gasteiger partial charge in [0.2, 0.25) is 0 Å². The van der Waals surface area contributed by atoms with E-state index in [4.69, 9.17) is 9.47 Å². The molecule has 0 atom stereocenters. The van der Waals surface area contributed by atoms with Gasteiger partial charge in [-0.15, -0.1) is 0 Å². The molecule has 2 fully saturated rings. The summed E-state index contributed by atoms with van der Waals surface area (Å²) < 4.78 is 14.5. The molecule has 6 heterocycles. The van der Waals surface area contributed by atoms with Crippen molar-refractivity contribution in [3.63, 3.8) is 0 Å². The number of anilines is 2. The summed E-state index contributed by atoms with van der Waals surface area (Å²) in [7, 11) is 0. The number of allylic oxidation sites excluding steroid dienone is 1. The average Bonchev–Trinajstić information content (AvgIpc) is 3.54. The molecular formula is C30H46N8O3. The second kappa shape index (κ2) is 13.0. The third-order valence-electron chi connectivity index (χ3n) is 6.88. The van der Waals surface area contributed by atoms with Crippen molar-refractivity contribution in [2.45, 2.75) is 55.1 Å². The number of aromatic nitrogens is 6. The lowest BCUT2D eigenvalue weighted by Gasteiger charge is -2.28. The smallest absolute Gasteiger partial charge is 0.157 e. The Labute approximate surface area is 243 Å². The summed E-state index contributed by atoms with van der Waals surface area (Å²) in [5, 5.41) is 19.2. The fourth-order valence-electron chi connectivity index (χ4n) is 4.97. The minimum atomic E-state index is -0.935. The highest BCUT2D eigenvalue weighted by molar-refractivity contribution is 5.74. The van der Waals surface area contributed by atoms with E-state index in [0.717, 1.165) is 84.8 Å². The zero-order valence-electron chi connectivity index (χ0n) is 23.5. The zero-order valence-corrected chi connectivity index (χ0v) is 23.5. The van der Waals surface area contributed by atoms with Gasteiger partial charge in [-0.2, -0.15) is 10.2 Å². The molecule has 0 aliphatic carbocycles. The Morgan fingerprint density at radius 3 is 1.68 bits per heavy atom. The lowest BCUT2D eigenvalue weighted by atomic mass is 10.1. The van der Waals surface area contributed by atoms with Gasteiger partial charge in [0, 0.05) is 26.2 Å². The van der Waals surface area contributed by atoms with Crippen molar-refractivity contribution in [2.24, 2.45) is 0 Å². The lowest BCUT2D eigenvalue weighted by molar-refractivity contribution is 0.0718. The predicted molar refractivity (Wildman–Crippen MR) is 165 cm³/mol. The molecule has 0 unspecified atom stereocenters. The number of fused-ring (bicyclic) bond motifs is 2. The van der Waals surface area contributed by atoms with Crippen LogP contribution in [0.25, 0.3) is 16.6 Å². The number of aryl methyl sites for hydroxylation is 2. The van der Waals surface area contributed by atoms with Crippen LogP contribution in [0.2, 0.25) is 0 Å². The van der Waals surface area contributed by atoms with Crippen LogP contribution in [0.1, 0.15) is 58.7 Å². The van der Waals surface area contributed by atoms with Gasteiger partial charge in [0.15, 0.2) is 11.6 Å². The van der Waals surface area contributed by atoms with Crippen LogP contribution in [-0.2, 0) is 15.1 Å². The molecule has 0 amide bonds. The first kappa shape index (κ1) is 32.0. The summed E-state index contributed by atoms with van der Waals surface area (Å²) in [6.45, 7) is 19.7. The van der Waals surface area contributed by atoms with Crippen LogP contribution in [0.3, 0.4) is 0 Å². The molecule has 0 saturated carbocycles. The maximum Gasteiger partial charge on any atom is 0.157 e. The van der Waals surface area contributed by atoms with Crippen molar-refractivity contribution in [1.29, 1.82) is 0 Å². The molecule has 41 heavy (non-hydrogen) atoms. The van der Waals surface area contributed by atoms with E-state index in [0.29, 0.717) is 19.0 Å². The van der Waals surface area contributed by atoms with Gasteiger partial charge in [-0.3, -0.25) is 0 Å². The molecule has 4 aromatic rings. The second-order valence-corrected chi connectivity index (χ2v) is 10.5. The van der Waals surface area contributed by atoms with E-state index in [-0.39, 0.29) is 14.9 Å². The molecule has 224 valence electrons. The number of morpholine rings is 2. The first-order valence-corrected chi connectivity index (χ1v) is 13.4. The summed E-state index contributed by atoms with van der Waals surface area (Å²) in [5.41, 5.74) is 3.84. The third-order valence-corrected chi connectivity index (χ3v) is 6.88. The van der Waals surface area contributed by atoms with Crippen molar-refractivity contribution in [2.75, 3.05) is 62.4 Å². The van der Waals surface area contributed by atoms with Gasteiger partial charge in [-0.05, 0) is 64.5 Å². The van der Waals surface area contributed by atoms with Gasteiger partial charge < -0.3 is 24.4 Å². The Balaban J connectivity index is 0.000000215. The van der Waals surface area contributed by atoms with Crippen LogP contribution < -0.4 is 9.80 Å². The molecule has 0 bridgehead atoms. The quantitative estimate of drug-likeness (QED) is 0.387. The zero-order chi connectivity index (χ0) is 27.7. The summed E-state index contributed by atoms with van der Waals surface area (Å²) in [4.78, 5) is 13.7. The molecular weight excluding hydrogens is 520 g/mol. The van der Waals surface area contributed by atoms with Crippen LogP contribution in [0, 0.1) is 13.8 Å². The second-order valence-electron chi connectivity index (χ2n) is 10.5. The number of nitrogens with zero attached hydrogens (tertiary/aromatic N) is 8. The Morgan fingerprint density at radius 1 is 0.780 bits per heavy atom. The SMILES string of the molecule is C.C.C=C(C)c1ccc2c(N3CCOCC3)nc(C)nn12.Cc1nc(N2CCOCC2)c2ccc(C(C)(C)O)n2n1. The minimum Gasteiger partial charge on any atom is -0.384 e. The maximum atomic E-state index is 10.3. The first-order chi connectivity index (χ1) is 18.6. The number of hydrogen-bond acceptors (Lipinski definition) is 9. The normalized spacial score (nSPS) is 15.7. The molecule has 2 saturated heterocycles. The van der Waals surface area contributed by atoms with Gasteiger partial charge >= 0.3 is 0 Å². The summed E-state index contributed by atoms with van der Waals surface area (Å²) in [6.07, 6.45) is 0. The van der Waals surface area contributed by atoms with E-state index >= 15 is 0 Å². The Hall–Kier alpha value is -3.54. The maximum absolute atomic E-state index is 10.3. The monoisotopic (exact) mass is 566 g/mol. The van der Waals surface area contributed by atoms with Crippen molar-refractivity contribution >= 4 is 28.2 Å². The van der Waals surface area contributed by atoms with Gasteiger partial charge in [0.1, 0.15) is 28.3 Å². The van der Waals surface area contributed by atoms with Crippen LogP contribution in [0.15, 0.2) is 30.8 Å². The van der Waals surface area contributed by atoms with E-state index in [1.165, 1.54) is 0 Å². The topological polar surface area (TPSA) is 106 Å². The highest BCUT2D eigenvalue weighted by atomic mass is 16.5. The molecule has 11 nitrogen and oxygen atoms in total. The van der Waals surface area contributed by atoms with E-state index < -0.39 is 5.60 Å². The van der Waals surface area contributed by atoms with Crippen LogP contribution in [-0.4, -0.2) is 86.9 Å². The van der Waals surface area contributed by atoms with Crippen molar-refractivity contribution in [3.05, 3.63) is 53.9 Å². The van der Waals surface area contributed by atoms with E-state index in [1.54, 1.807) is 18.4 Å². The Kier molecular flexibility index (Phi) is 10.1. The highest BCUT2D eigenvalue weighted by Crippen LogP contribution is 2.27. The Morgan fingerprint density at radius 2 is 1.22 bits per heavy atom. The van der Waals surface area contributed by atoms with Crippen LogP contribution in [0.5, 0.6) is 0 Å². The molecule has 0 radical (unpaired) electrons.